The third-order valence-corrected chi connectivity index (χ3v) is 8.74. The minimum atomic E-state index is -3.57. The van der Waals surface area contributed by atoms with E-state index in [0.29, 0.717) is 31.2 Å². The van der Waals surface area contributed by atoms with Gasteiger partial charge in [-0.15, -0.1) is 22.7 Å². The van der Waals surface area contributed by atoms with Crippen LogP contribution < -0.4 is 0 Å². The summed E-state index contributed by atoms with van der Waals surface area (Å²) in [6.45, 7) is 5.09. The number of halogens is 1. The van der Waals surface area contributed by atoms with E-state index in [1.165, 1.54) is 15.6 Å². The summed E-state index contributed by atoms with van der Waals surface area (Å²) >= 11 is 6.40. The Hall–Kier alpha value is -1.17. The summed E-state index contributed by atoms with van der Waals surface area (Å²) in [5, 5.41) is 5.61. The summed E-state index contributed by atoms with van der Waals surface area (Å²) in [6, 6.07) is 7.71. The topological polar surface area (TPSA) is 66.4 Å². The van der Waals surface area contributed by atoms with Crippen LogP contribution >= 0.6 is 38.6 Å². The molecule has 148 valence electrons. The molecule has 0 aliphatic carbocycles. The number of sulfonamides is 1. The van der Waals surface area contributed by atoms with E-state index in [9.17, 15) is 8.42 Å². The van der Waals surface area contributed by atoms with E-state index in [0.717, 1.165) is 27.3 Å². The van der Waals surface area contributed by atoms with Crippen LogP contribution in [-0.4, -0.2) is 53.8 Å². The maximum Gasteiger partial charge on any atom is 0.261 e. The lowest BCUT2D eigenvalue weighted by atomic mass is 10.2. The minimum absolute atomic E-state index is 0.138. The van der Waals surface area contributed by atoms with Gasteiger partial charge in [-0.3, -0.25) is 4.90 Å². The van der Waals surface area contributed by atoms with Crippen LogP contribution in [0.3, 0.4) is 0 Å². The number of hydrogen-bond acceptors (Lipinski definition) is 7. The van der Waals surface area contributed by atoms with E-state index in [-0.39, 0.29) is 5.03 Å². The van der Waals surface area contributed by atoms with Crippen molar-refractivity contribution in [1.29, 1.82) is 0 Å². The Bertz CT molecular complexity index is 1050. The summed E-state index contributed by atoms with van der Waals surface area (Å²) in [7, 11) is -3.57. The number of aryl methyl sites for hydroxylation is 1. The van der Waals surface area contributed by atoms with Crippen LogP contribution in [0.2, 0.25) is 0 Å². The summed E-state index contributed by atoms with van der Waals surface area (Å²) in [4.78, 5) is 11.1. The standard InChI is InChI=1S/C18H19BrN4O2S3/c1-13-20-16(11-26-13)10-22-6-8-23(9-7-22)28(24,25)17-12-27-18(21-17)14-2-4-15(19)5-3-14/h2-5,11-12H,6-10H2,1H3. The highest BCUT2D eigenvalue weighted by Crippen LogP contribution is 2.28. The van der Waals surface area contributed by atoms with Crippen molar-refractivity contribution in [3.8, 4) is 10.6 Å². The molecular weight excluding hydrogens is 480 g/mol. The molecule has 6 nitrogen and oxygen atoms in total. The third kappa shape index (κ3) is 4.37. The van der Waals surface area contributed by atoms with Gasteiger partial charge in [0, 0.05) is 53.5 Å². The highest BCUT2D eigenvalue weighted by Gasteiger charge is 2.30. The first-order valence-electron chi connectivity index (χ1n) is 8.77. The molecule has 28 heavy (non-hydrogen) atoms. The summed E-state index contributed by atoms with van der Waals surface area (Å²) in [6.07, 6.45) is 0. The molecule has 4 rings (SSSR count). The first-order valence-corrected chi connectivity index (χ1v) is 12.8. The van der Waals surface area contributed by atoms with Gasteiger partial charge in [0.1, 0.15) is 5.01 Å². The highest BCUT2D eigenvalue weighted by atomic mass is 79.9. The fourth-order valence-electron chi connectivity index (χ4n) is 3.07. The SMILES string of the molecule is Cc1nc(CN2CCN(S(=O)(=O)c3csc(-c4ccc(Br)cc4)n3)CC2)cs1. The van der Waals surface area contributed by atoms with Crippen molar-refractivity contribution in [3.63, 3.8) is 0 Å². The zero-order chi connectivity index (χ0) is 19.7. The Balaban J connectivity index is 1.42. The summed E-state index contributed by atoms with van der Waals surface area (Å²) in [5.41, 5.74) is 1.97. The molecule has 2 aromatic heterocycles. The number of aromatic nitrogens is 2. The van der Waals surface area contributed by atoms with Crippen LogP contribution in [0, 0.1) is 6.92 Å². The molecule has 0 atom stereocenters. The number of nitrogens with zero attached hydrogens (tertiary/aromatic N) is 4. The normalized spacial score (nSPS) is 16.5. The van der Waals surface area contributed by atoms with Gasteiger partial charge in [0.25, 0.3) is 10.0 Å². The molecule has 1 aliphatic rings. The lowest BCUT2D eigenvalue weighted by Crippen LogP contribution is -2.48. The van der Waals surface area contributed by atoms with Gasteiger partial charge in [0.15, 0.2) is 5.03 Å². The van der Waals surface area contributed by atoms with Gasteiger partial charge in [-0.05, 0) is 19.1 Å². The van der Waals surface area contributed by atoms with E-state index in [1.807, 2.05) is 31.2 Å². The molecule has 10 heteroatoms. The van der Waals surface area contributed by atoms with Crippen LogP contribution in [-0.2, 0) is 16.6 Å². The monoisotopic (exact) mass is 498 g/mol. The van der Waals surface area contributed by atoms with Crippen molar-refractivity contribution in [2.75, 3.05) is 26.2 Å². The third-order valence-electron chi connectivity index (χ3n) is 4.56. The maximum absolute atomic E-state index is 13.0. The van der Waals surface area contributed by atoms with Crippen molar-refractivity contribution < 1.29 is 8.42 Å². The molecule has 0 saturated carbocycles. The van der Waals surface area contributed by atoms with Crippen molar-refractivity contribution in [3.05, 3.63) is 50.2 Å². The molecule has 0 amide bonds. The number of thiazole rings is 2. The second-order valence-electron chi connectivity index (χ2n) is 6.54. The maximum atomic E-state index is 13.0. The fraction of sp³-hybridized carbons (Fsp3) is 0.333. The van der Waals surface area contributed by atoms with Gasteiger partial charge in [0.05, 0.1) is 10.7 Å². The zero-order valence-electron chi connectivity index (χ0n) is 15.2. The largest absolute Gasteiger partial charge is 0.295 e. The van der Waals surface area contributed by atoms with Gasteiger partial charge in [-0.1, -0.05) is 28.1 Å². The van der Waals surface area contributed by atoms with E-state index < -0.39 is 10.0 Å². The Kier molecular flexibility index (Phi) is 5.96. The van der Waals surface area contributed by atoms with Crippen LogP contribution in [0.5, 0.6) is 0 Å². The van der Waals surface area contributed by atoms with Gasteiger partial charge in [-0.25, -0.2) is 18.4 Å². The Morgan fingerprint density at radius 1 is 1.04 bits per heavy atom. The molecule has 1 aliphatic heterocycles. The summed E-state index contributed by atoms with van der Waals surface area (Å²) in [5.74, 6) is 0. The van der Waals surface area contributed by atoms with Crippen molar-refractivity contribution in [2.24, 2.45) is 0 Å². The van der Waals surface area contributed by atoms with Crippen LogP contribution in [0.4, 0.5) is 0 Å². The predicted octanol–water partition coefficient (Wildman–Crippen LogP) is 3.84. The van der Waals surface area contributed by atoms with Gasteiger partial charge in [-0.2, -0.15) is 4.31 Å². The molecule has 3 aromatic rings. The number of piperazine rings is 1. The van der Waals surface area contributed by atoms with E-state index in [4.69, 9.17) is 0 Å². The van der Waals surface area contributed by atoms with Crippen molar-refractivity contribution in [1.82, 2.24) is 19.2 Å². The molecule has 0 radical (unpaired) electrons. The van der Waals surface area contributed by atoms with Crippen LogP contribution in [0.25, 0.3) is 10.6 Å². The lowest BCUT2D eigenvalue weighted by Gasteiger charge is -2.33. The van der Waals surface area contributed by atoms with Crippen molar-refractivity contribution >= 4 is 48.6 Å². The molecule has 0 unspecified atom stereocenters. The second kappa shape index (κ2) is 8.29. The first kappa shape index (κ1) is 20.1. The molecule has 1 fully saturated rings. The molecule has 0 spiro atoms. The van der Waals surface area contributed by atoms with Gasteiger partial charge < -0.3 is 0 Å². The Labute approximate surface area is 181 Å². The number of benzene rings is 1. The lowest BCUT2D eigenvalue weighted by molar-refractivity contribution is 0.180. The Morgan fingerprint density at radius 3 is 2.39 bits per heavy atom. The average molecular weight is 499 g/mol. The van der Waals surface area contributed by atoms with Gasteiger partial charge in [0.2, 0.25) is 0 Å². The van der Waals surface area contributed by atoms with E-state index >= 15 is 0 Å². The molecule has 3 heterocycles. The fourth-order valence-corrected chi connectivity index (χ4v) is 6.43. The number of hydrogen-bond donors (Lipinski definition) is 0. The highest BCUT2D eigenvalue weighted by molar-refractivity contribution is 9.10. The van der Waals surface area contributed by atoms with Crippen molar-refractivity contribution in [2.45, 2.75) is 18.5 Å². The molecule has 1 saturated heterocycles. The molecule has 0 N–H and O–H groups in total. The predicted molar refractivity (Wildman–Crippen MR) is 116 cm³/mol. The van der Waals surface area contributed by atoms with Crippen LogP contribution in [0.15, 0.2) is 44.5 Å². The molecular formula is C18H19BrN4O2S3. The minimum Gasteiger partial charge on any atom is -0.295 e. The second-order valence-corrected chi connectivity index (χ2v) is 11.3. The molecule has 0 bridgehead atoms. The quantitative estimate of drug-likeness (QED) is 0.534. The Morgan fingerprint density at radius 2 is 1.75 bits per heavy atom. The average Bonchev–Trinajstić information content (AvgIpc) is 3.33. The zero-order valence-corrected chi connectivity index (χ0v) is 19.2. The smallest absolute Gasteiger partial charge is 0.261 e. The van der Waals surface area contributed by atoms with Crippen LogP contribution in [0.1, 0.15) is 10.7 Å². The summed E-state index contributed by atoms with van der Waals surface area (Å²) < 4.78 is 28.5. The van der Waals surface area contributed by atoms with E-state index in [1.54, 1.807) is 16.7 Å². The number of rotatable bonds is 5. The van der Waals surface area contributed by atoms with Gasteiger partial charge >= 0.3 is 0 Å². The van der Waals surface area contributed by atoms with E-state index in [2.05, 4.69) is 36.2 Å². The first-order chi connectivity index (χ1) is 13.4. The molecule has 1 aromatic carbocycles.